The molecule has 1 heterocycles. The van der Waals surface area contributed by atoms with Crippen LogP contribution in [0.2, 0.25) is 0 Å². The summed E-state index contributed by atoms with van der Waals surface area (Å²) in [6, 6.07) is 1.72. The molecule has 1 aromatic heterocycles. The molecule has 3 unspecified atom stereocenters. The molecule has 0 aliphatic rings. The molecule has 0 saturated carbocycles. The first-order valence-electron chi connectivity index (χ1n) is 16.2. The van der Waals surface area contributed by atoms with Crippen LogP contribution in [-0.4, -0.2) is 57.0 Å². The molecule has 0 fully saturated rings. The van der Waals surface area contributed by atoms with Crippen molar-refractivity contribution in [1.82, 2.24) is 15.6 Å². The molecule has 2 amide bonds. The lowest BCUT2D eigenvalue weighted by molar-refractivity contribution is -0.145. The number of rotatable bonds is 24. The van der Waals surface area contributed by atoms with Gasteiger partial charge in [-0.05, 0) is 75.8 Å². The minimum absolute atomic E-state index is 0.119. The lowest BCUT2D eigenvalue weighted by Gasteiger charge is -2.31. The van der Waals surface area contributed by atoms with Crippen LogP contribution in [0.25, 0.3) is 0 Å². The van der Waals surface area contributed by atoms with E-state index in [-0.39, 0.29) is 17.9 Å². The Bertz CT molecular complexity index is 1170. The van der Waals surface area contributed by atoms with Crippen LogP contribution < -0.4 is 10.6 Å². The number of amides is 2. The van der Waals surface area contributed by atoms with Crippen molar-refractivity contribution in [1.29, 1.82) is 0 Å². The average molecular weight is 636 g/mol. The molecular weight excluding hydrogens is 582 g/mol. The highest BCUT2D eigenvalue weighted by atomic mass is 16.5. The highest BCUT2D eigenvalue weighted by Gasteiger charge is 2.36. The van der Waals surface area contributed by atoms with E-state index < -0.39 is 36.0 Å². The fraction of sp³-hybridized carbons (Fsp3) is 0.459. The standard InChI is InChI=1S/C37H53N3O6/c1-3-4-5-6-7-8-9-10-11-12-13-14-15-16-17-18-19-20-21-26-33(41)39-28-23-25-32(30(2)36(43)44)34(37(45)46)40-35(42)31-24-22-27-38-29-31/h4-5,7-8,10-11,13-14,16-17,19-20,22,24,27,29-30,32,34,36,43-44H,3,6,9,12,15,18,21,23,25-26,28H2,1-2H3,(H,39,41)(H,40,42)(H,45,46)/b5-4-,8-7-,11-10-,14-13-,17-16-,20-19-. The number of aromatic nitrogens is 1. The number of aliphatic carboxylic acids is 1. The number of carbonyl (C=O) groups is 3. The van der Waals surface area contributed by atoms with E-state index in [1.165, 1.54) is 25.4 Å². The summed E-state index contributed by atoms with van der Waals surface area (Å²) >= 11 is 0. The SMILES string of the molecule is CC/C=C\C/C=C\C/C=C\C/C=C\C/C=C\C/C=C\CCC(=O)NCCCC(C(NC(=O)c1cccnc1)C(=O)O)C(C)C(O)O. The van der Waals surface area contributed by atoms with Crippen molar-refractivity contribution < 1.29 is 29.7 Å². The van der Waals surface area contributed by atoms with Gasteiger partial charge in [0.25, 0.3) is 5.91 Å². The van der Waals surface area contributed by atoms with Crippen LogP contribution in [-0.2, 0) is 9.59 Å². The Morgan fingerprint density at radius 2 is 1.39 bits per heavy atom. The second-order valence-electron chi connectivity index (χ2n) is 10.9. The highest BCUT2D eigenvalue weighted by Crippen LogP contribution is 2.24. The Kier molecular flexibility index (Phi) is 22.7. The summed E-state index contributed by atoms with van der Waals surface area (Å²) in [7, 11) is 0. The van der Waals surface area contributed by atoms with E-state index in [2.05, 4.69) is 83.3 Å². The van der Waals surface area contributed by atoms with Crippen LogP contribution in [0.4, 0.5) is 0 Å². The third-order valence-corrected chi connectivity index (χ3v) is 7.22. The summed E-state index contributed by atoms with van der Waals surface area (Å²) in [6.45, 7) is 3.96. The molecule has 46 heavy (non-hydrogen) atoms. The highest BCUT2D eigenvalue weighted by molar-refractivity contribution is 5.96. The van der Waals surface area contributed by atoms with Gasteiger partial charge in [0.15, 0.2) is 6.29 Å². The van der Waals surface area contributed by atoms with Crippen LogP contribution in [0, 0.1) is 11.8 Å². The molecule has 5 N–H and O–H groups in total. The number of nitrogens with zero attached hydrogens (tertiary/aromatic N) is 1. The van der Waals surface area contributed by atoms with Crippen molar-refractivity contribution in [3.05, 3.63) is 103 Å². The summed E-state index contributed by atoms with van der Waals surface area (Å²) in [5, 5.41) is 34.6. The van der Waals surface area contributed by atoms with Gasteiger partial charge >= 0.3 is 5.97 Å². The van der Waals surface area contributed by atoms with E-state index in [0.717, 1.165) is 38.5 Å². The molecule has 9 nitrogen and oxygen atoms in total. The van der Waals surface area contributed by atoms with Crippen molar-refractivity contribution in [2.75, 3.05) is 6.54 Å². The maximum absolute atomic E-state index is 12.6. The lowest BCUT2D eigenvalue weighted by atomic mass is 9.82. The summed E-state index contributed by atoms with van der Waals surface area (Å²) in [4.78, 5) is 40.7. The summed E-state index contributed by atoms with van der Waals surface area (Å²) in [5.74, 6) is -3.64. The van der Waals surface area contributed by atoms with E-state index in [0.29, 0.717) is 25.8 Å². The molecule has 252 valence electrons. The van der Waals surface area contributed by atoms with Crippen LogP contribution in [0.3, 0.4) is 0 Å². The lowest BCUT2D eigenvalue weighted by Crippen LogP contribution is -2.49. The number of hydrogen-bond donors (Lipinski definition) is 5. The zero-order chi connectivity index (χ0) is 33.8. The predicted molar refractivity (Wildman–Crippen MR) is 184 cm³/mol. The van der Waals surface area contributed by atoms with Gasteiger partial charge in [-0.15, -0.1) is 0 Å². The maximum Gasteiger partial charge on any atom is 0.326 e. The quantitative estimate of drug-likeness (QED) is 0.0516. The zero-order valence-corrected chi connectivity index (χ0v) is 27.3. The zero-order valence-electron chi connectivity index (χ0n) is 27.3. The number of hydrogen-bond acceptors (Lipinski definition) is 6. The van der Waals surface area contributed by atoms with Crippen molar-refractivity contribution in [3.63, 3.8) is 0 Å². The Morgan fingerprint density at radius 1 is 0.848 bits per heavy atom. The molecular formula is C37H53N3O6. The van der Waals surface area contributed by atoms with E-state index in [4.69, 9.17) is 0 Å². The molecule has 1 aromatic rings. The summed E-state index contributed by atoms with van der Waals surface area (Å²) in [6.07, 6.45) is 33.9. The number of nitrogens with one attached hydrogen (secondary N) is 2. The second-order valence-corrected chi connectivity index (χ2v) is 10.9. The minimum atomic E-state index is -1.77. The van der Waals surface area contributed by atoms with Gasteiger partial charge in [0.2, 0.25) is 5.91 Å². The van der Waals surface area contributed by atoms with E-state index in [1.54, 1.807) is 6.07 Å². The number of aliphatic hydroxyl groups excluding tert-OH is 1. The molecule has 3 atom stereocenters. The fourth-order valence-electron chi connectivity index (χ4n) is 4.54. The average Bonchev–Trinajstić information content (AvgIpc) is 3.04. The molecule has 0 bridgehead atoms. The van der Waals surface area contributed by atoms with Gasteiger partial charge in [0.1, 0.15) is 6.04 Å². The Balaban J connectivity index is 2.30. The smallest absolute Gasteiger partial charge is 0.326 e. The maximum atomic E-state index is 12.6. The first kappa shape index (κ1) is 39.9. The third-order valence-electron chi connectivity index (χ3n) is 7.22. The predicted octanol–water partition coefficient (Wildman–Crippen LogP) is 6.20. The number of carbonyl (C=O) groups excluding carboxylic acids is 2. The second kappa shape index (κ2) is 26.2. The van der Waals surface area contributed by atoms with Crippen LogP contribution in [0.5, 0.6) is 0 Å². The fourth-order valence-corrected chi connectivity index (χ4v) is 4.54. The largest absolute Gasteiger partial charge is 0.480 e. The molecule has 0 spiro atoms. The molecule has 0 aliphatic carbocycles. The van der Waals surface area contributed by atoms with Gasteiger partial charge in [-0.25, -0.2) is 4.79 Å². The van der Waals surface area contributed by atoms with Gasteiger partial charge in [-0.1, -0.05) is 86.8 Å². The van der Waals surface area contributed by atoms with Gasteiger partial charge in [0, 0.05) is 31.3 Å². The molecule has 9 heteroatoms. The monoisotopic (exact) mass is 635 g/mol. The van der Waals surface area contributed by atoms with Crippen LogP contribution >= 0.6 is 0 Å². The summed E-state index contributed by atoms with van der Waals surface area (Å²) < 4.78 is 0. The van der Waals surface area contributed by atoms with E-state index in [1.807, 2.05) is 12.2 Å². The molecule has 0 saturated heterocycles. The molecule has 0 aliphatic heterocycles. The van der Waals surface area contributed by atoms with Crippen LogP contribution in [0.1, 0.15) is 88.4 Å². The molecule has 1 rings (SSSR count). The van der Waals surface area contributed by atoms with Crippen molar-refractivity contribution >= 4 is 17.8 Å². The van der Waals surface area contributed by atoms with Gasteiger partial charge < -0.3 is 26.0 Å². The molecule has 0 radical (unpaired) electrons. The number of pyridine rings is 1. The number of aliphatic hydroxyl groups is 2. The van der Waals surface area contributed by atoms with Crippen molar-refractivity contribution in [2.45, 2.75) is 90.4 Å². The normalized spacial score (nSPS) is 14.4. The number of carboxylic acid groups (broad SMARTS) is 1. The number of carboxylic acids is 1. The van der Waals surface area contributed by atoms with Gasteiger partial charge in [-0.2, -0.15) is 0 Å². The Hall–Kier alpha value is -4.08. The minimum Gasteiger partial charge on any atom is -0.480 e. The number of allylic oxidation sites excluding steroid dienone is 12. The van der Waals surface area contributed by atoms with E-state index in [9.17, 15) is 29.7 Å². The first-order chi connectivity index (χ1) is 22.3. The Labute approximate surface area is 274 Å². The van der Waals surface area contributed by atoms with Gasteiger partial charge in [0.05, 0.1) is 5.56 Å². The summed E-state index contributed by atoms with van der Waals surface area (Å²) in [5.41, 5.74) is 0.198. The van der Waals surface area contributed by atoms with E-state index >= 15 is 0 Å². The van der Waals surface area contributed by atoms with Gasteiger partial charge in [-0.3, -0.25) is 14.6 Å². The Morgan fingerprint density at radius 3 is 1.87 bits per heavy atom. The third kappa shape index (κ3) is 19.3. The topological polar surface area (TPSA) is 149 Å². The molecule has 0 aromatic carbocycles. The van der Waals surface area contributed by atoms with Crippen molar-refractivity contribution in [2.24, 2.45) is 11.8 Å². The first-order valence-corrected chi connectivity index (χ1v) is 16.2. The van der Waals surface area contributed by atoms with Crippen LogP contribution in [0.15, 0.2) is 97.4 Å². The van der Waals surface area contributed by atoms with Crippen molar-refractivity contribution in [3.8, 4) is 0 Å².